The average Bonchev–Trinajstić information content (AvgIpc) is 2.73. The first-order valence-electron chi connectivity index (χ1n) is 5.40. The number of aryl methyl sites for hydroxylation is 3. The number of rotatable bonds is 0. The summed E-state index contributed by atoms with van der Waals surface area (Å²) < 4.78 is 0. The summed E-state index contributed by atoms with van der Waals surface area (Å²) >= 11 is 0. The molecule has 0 aromatic heterocycles. The third-order valence-corrected chi connectivity index (χ3v) is 3.01. The smallest absolute Gasteiger partial charge is 0.211 e. The van der Waals surface area contributed by atoms with E-state index in [2.05, 4.69) is 52.8 Å². The van der Waals surface area contributed by atoms with E-state index in [0.29, 0.717) is 0 Å². The largest absolute Gasteiger partial charge is 2.00 e. The zero-order valence-electron chi connectivity index (χ0n) is 11.9. The third-order valence-electron chi connectivity index (χ3n) is 3.01. The first-order valence-corrected chi connectivity index (χ1v) is 5.40. The van der Waals surface area contributed by atoms with Crippen molar-refractivity contribution in [3.05, 3.63) is 58.1 Å². The van der Waals surface area contributed by atoms with Gasteiger partial charge in [0.1, 0.15) is 0 Å². The van der Waals surface area contributed by atoms with Crippen molar-refractivity contribution in [2.45, 2.75) is 34.6 Å². The van der Waals surface area contributed by atoms with E-state index >= 15 is 0 Å². The summed E-state index contributed by atoms with van der Waals surface area (Å²) in [5.41, 5.74) is 7.09. The van der Waals surface area contributed by atoms with Crippen molar-refractivity contribution < 1.29 is 26.2 Å². The van der Waals surface area contributed by atoms with Crippen LogP contribution in [0.25, 0.3) is 0 Å². The Bertz CT molecular complexity index is 388. The van der Waals surface area contributed by atoms with E-state index < -0.39 is 0 Å². The minimum atomic E-state index is 0. The molecule has 0 aliphatic carbocycles. The molecular weight excluding hydrogens is 299 g/mol. The summed E-state index contributed by atoms with van der Waals surface area (Å²) in [6.45, 7) is 10.8. The number of hydrogen-bond acceptors (Lipinski definition) is 0. The minimum Gasteiger partial charge on any atom is -0.211 e. The molecule has 0 spiro atoms. The molecule has 17 heavy (non-hydrogen) atoms. The molecule has 0 heterocycles. The van der Waals surface area contributed by atoms with Crippen molar-refractivity contribution in [3.8, 4) is 0 Å². The van der Waals surface area contributed by atoms with Crippen LogP contribution in [0.3, 0.4) is 0 Å². The Morgan fingerprint density at radius 2 is 1.71 bits per heavy atom. The van der Waals surface area contributed by atoms with Crippen molar-refractivity contribution in [2.75, 3.05) is 0 Å². The predicted octanol–water partition coefficient (Wildman–Crippen LogP) is 3.17. The molecule has 0 amide bonds. The Labute approximate surface area is 129 Å². The molecule has 91 valence electrons. The van der Waals surface area contributed by atoms with Gasteiger partial charge in [-0.1, -0.05) is 34.6 Å². The van der Waals surface area contributed by atoms with E-state index in [4.69, 9.17) is 0 Å². The zero-order chi connectivity index (χ0) is 11.4. The predicted molar refractivity (Wildman–Crippen MR) is 77.7 cm³/mol. The van der Waals surface area contributed by atoms with Gasteiger partial charge < -0.3 is 0 Å². The Morgan fingerprint density at radius 3 is 1.82 bits per heavy atom. The quantitative estimate of drug-likeness (QED) is 0.516. The maximum Gasteiger partial charge on any atom is 2.00 e. The molecule has 0 aliphatic rings. The monoisotopic (exact) mass is 321 g/mol. The number of hydrogen-bond donors (Lipinski definition) is 0. The van der Waals surface area contributed by atoms with E-state index in [9.17, 15) is 0 Å². The van der Waals surface area contributed by atoms with Crippen molar-refractivity contribution in [1.82, 2.24) is 0 Å². The van der Waals surface area contributed by atoms with E-state index in [0.717, 1.165) is 0 Å². The van der Waals surface area contributed by atoms with Gasteiger partial charge in [-0.3, -0.25) is 0 Å². The molecule has 1 radical (unpaired) electrons. The summed E-state index contributed by atoms with van der Waals surface area (Å²) in [4.78, 5) is 0. The molecule has 0 aliphatic heterocycles. The maximum absolute atomic E-state index is 2.24. The normalized spacial score (nSPS) is 8.53. The summed E-state index contributed by atoms with van der Waals surface area (Å²) in [5.74, 6) is 0. The van der Waals surface area contributed by atoms with Gasteiger partial charge in [-0.15, -0.1) is 0 Å². The SMILES string of the molecule is Cc1c[c-](C)c(C)c1C.Cc1cc[cH-]c1.[SiH3].[Zr+2]. The average molecular weight is 323 g/mol. The van der Waals surface area contributed by atoms with Gasteiger partial charge in [0.2, 0.25) is 0 Å². The van der Waals surface area contributed by atoms with Gasteiger partial charge in [0.25, 0.3) is 0 Å². The first kappa shape index (κ1) is 19.1. The van der Waals surface area contributed by atoms with Gasteiger partial charge >= 0.3 is 26.2 Å². The van der Waals surface area contributed by atoms with Crippen molar-refractivity contribution >= 4 is 11.0 Å². The summed E-state index contributed by atoms with van der Waals surface area (Å²) in [6.07, 6.45) is 0. The second-order valence-electron chi connectivity index (χ2n) is 4.22. The van der Waals surface area contributed by atoms with Crippen LogP contribution in [0.5, 0.6) is 0 Å². The second-order valence-corrected chi connectivity index (χ2v) is 4.22. The summed E-state index contributed by atoms with van der Waals surface area (Å²) in [6, 6.07) is 10.5. The molecule has 0 bridgehead atoms. The standard InChI is InChI=1S/C9H13.C6H7.H3Si.Zr/c1-6-5-7(2)9(4)8(6)3;1-6-4-2-3-5-6;;/h5H,1-4H3;2-5H,1H3;1H3;/q2*-1;;+2. The van der Waals surface area contributed by atoms with E-state index in [-0.39, 0.29) is 37.2 Å². The molecule has 0 fully saturated rings. The van der Waals surface area contributed by atoms with Crippen LogP contribution in [0.1, 0.15) is 27.8 Å². The van der Waals surface area contributed by atoms with Crippen LogP contribution >= 0.6 is 0 Å². The molecule has 0 nitrogen and oxygen atoms in total. The third kappa shape index (κ3) is 5.79. The first-order chi connectivity index (χ1) is 7.02. The molecule has 2 rings (SSSR count). The van der Waals surface area contributed by atoms with Crippen LogP contribution in [-0.4, -0.2) is 11.0 Å². The Morgan fingerprint density at radius 1 is 1.12 bits per heavy atom. The van der Waals surface area contributed by atoms with E-state index in [1.165, 1.54) is 27.8 Å². The van der Waals surface area contributed by atoms with Crippen LogP contribution < -0.4 is 0 Å². The van der Waals surface area contributed by atoms with Gasteiger partial charge in [-0.05, 0) is 11.0 Å². The molecule has 2 aromatic rings. The molecule has 2 heteroatoms. The summed E-state index contributed by atoms with van der Waals surface area (Å²) in [5, 5.41) is 0. The van der Waals surface area contributed by atoms with Gasteiger partial charge in [0, 0.05) is 0 Å². The Kier molecular flexibility index (Phi) is 9.94. The molecule has 0 N–H and O–H groups in total. The molecule has 2 aromatic carbocycles. The fraction of sp³-hybridized carbons (Fsp3) is 0.333. The fourth-order valence-electron chi connectivity index (χ4n) is 1.60. The second kappa shape index (κ2) is 8.83. The van der Waals surface area contributed by atoms with Crippen LogP contribution in [0, 0.1) is 34.6 Å². The molecule has 0 unspecified atom stereocenters. The van der Waals surface area contributed by atoms with Crippen molar-refractivity contribution in [2.24, 2.45) is 0 Å². The van der Waals surface area contributed by atoms with Crippen LogP contribution in [0.15, 0.2) is 30.3 Å². The summed E-state index contributed by atoms with van der Waals surface area (Å²) in [7, 11) is 0. The minimum absolute atomic E-state index is 0. The molecule has 0 saturated carbocycles. The van der Waals surface area contributed by atoms with E-state index in [1.807, 2.05) is 12.1 Å². The van der Waals surface area contributed by atoms with Gasteiger partial charge in [-0.25, -0.2) is 11.6 Å². The molecular formula is C15H23SiZr. The van der Waals surface area contributed by atoms with Crippen LogP contribution in [-0.2, 0) is 26.2 Å². The topological polar surface area (TPSA) is 0 Å². The van der Waals surface area contributed by atoms with Crippen molar-refractivity contribution in [3.63, 3.8) is 0 Å². The fourth-order valence-corrected chi connectivity index (χ4v) is 1.60. The van der Waals surface area contributed by atoms with Crippen LogP contribution in [0.2, 0.25) is 0 Å². The van der Waals surface area contributed by atoms with E-state index in [1.54, 1.807) is 0 Å². The molecule has 0 saturated heterocycles. The maximum atomic E-state index is 2.24. The Balaban J connectivity index is 0. The molecule has 0 atom stereocenters. The van der Waals surface area contributed by atoms with Gasteiger partial charge in [0.15, 0.2) is 0 Å². The van der Waals surface area contributed by atoms with Crippen molar-refractivity contribution in [1.29, 1.82) is 0 Å². The van der Waals surface area contributed by atoms with Gasteiger partial charge in [-0.2, -0.15) is 46.5 Å². The zero-order valence-corrected chi connectivity index (χ0v) is 16.3. The van der Waals surface area contributed by atoms with Crippen LogP contribution in [0.4, 0.5) is 0 Å². The van der Waals surface area contributed by atoms with Gasteiger partial charge in [0.05, 0.1) is 0 Å². The Hall–Kier alpha value is -0.200.